The number of aryl methyl sites for hydroxylation is 2. The van der Waals surface area contributed by atoms with Crippen molar-refractivity contribution in [3.05, 3.63) is 59.2 Å². The van der Waals surface area contributed by atoms with Crippen LogP contribution in [0.25, 0.3) is 0 Å². The highest BCUT2D eigenvalue weighted by Crippen LogP contribution is 2.32. The van der Waals surface area contributed by atoms with Crippen molar-refractivity contribution in [2.24, 2.45) is 0 Å². The highest BCUT2D eigenvalue weighted by molar-refractivity contribution is 6.20. The van der Waals surface area contributed by atoms with Gasteiger partial charge in [0.05, 0.1) is 11.4 Å². The molecular formula is C21H20N2O3. The number of anilines is 2. The molecule has 1 saturated heterocycles. The summed E-state index contributed by atoms with van der Waals surface area (Å²) in [5.41, 5.74) is 4.22. The molecule has 0 radical (unpaired) electrons. The molecule has 0 N–H and O–H groups in total. The SMILES string of the molecule is Cc1cccc2c1N(C(=O)c1cccc(N3C(=O)CCC3=O)c1)CCC2. The van der Waals surface area contributed by atoms with E-state index in [9.17, 15) is 14.4 Å². The Kier molecular flexibility index (Phi) is 4.07. The van der Waals surface area contributed by atoms with E-state index in [1.54, 1.807) is 24.3 Å². The Labute approximate surface area is 152 Å². The quantitative estimate of drug-likeness (QED) is 0.783. The van der Waals surface area contributed by atoms with Crippen LogP contribution in [0.2, 0.25) is 0 Å². The number of carbonyl (C=O) groups excluding carboxylic acids is 3. The van der Waals surface area contributed by atoms with Gasteiger partial charge in [-0.1, -0.05) is 24.3 Å². The normalized spacial score (nSPS) is 16.8. The fourth-order valence-corrected chi connectivity index (χ4v) is 3.85. The summed E-state index contributed by atoms with van der Waals surface area (Å²) in [5.74, 6) is -0.515. The zero-order valence-electron chi connectivity index (χ0n) is 14.7. The fraction of sp³-hybridized carbons (Fsp3) is 0.286. The van der Waals surface area contributed by atoms with Crippen molar-refractivity contribution < 1.29 is 14.4 Å². The molecule has 2 heterocycles. The molecule has 4 rings (SSSR count). The molecule has 2 aliphatic heterocycles. The number of hydrogen-bond donors (Lipinski definition) is 0. The molecule has 26 heavy (non-hydrogen) atoms. The lowest BCUT2D eigenvalue weighted by atomic mass is 9.97. The largest absolute Gasteiger partial charge is 0.308 e. The Balaban J connectivity index is 1.70. The highest BCUT2D eigenvalue weighted by Gasteiger charge is 2.31. The summed E-state index contributed by atoms with van der Waals surface area (Å²) in [7, 11) is 0. The Morgan fingerprint density at radius 1 is 0.962 bits per heavy atom. The van der Waals surface area contributed by atoms with Crippen molar-refractivity contribution in [2.75, 3.05) is 16.3 Å². The molecule has 0 spiro atoms. The summed E-state index contributed by atoms with van der Waals surface area (Å²) in [5, 5.41) is 0. The Morgan fingerprint density at radius 2 is 1.69 bits per heavy atom. The van der Waals surface area contributed by atoms with Crippen LogP contribution in [0.1, 0.15) is 40.7 Å². The number of para-hydroxylation sites is 1. The number of rotatable bonds is 2. The van der Waals surface area contributed by atoms with Gasteiger partial charge in [0.2, 0.25) is 11.8 Å². The first-order valence-corrected chi connectivity index (χ1v) is 8.92. The number of imide groups is 1. The van der Waals surface area contributed by atoms with Crippen LogP contribution in [0.4, 0.5) is 11.4 Å². The molecule has 0 aliphatic carbocycles. The predicted octanol–water partition coefficient (Wildman–Crippen LogP) is 3.24. The topological polar surface area (TPSA) is 57.7 Å². The number of fused-ring (bicyclic) bond motifs is 1. The van der Waals surface area contributed by atoms with E-state index in [0.717, 1.165) is 24.1 Å². The van der Waals surface area contributed by atoms with Crippen LogP contribution >= 0.6 is 0 Å². The van der Waals surface area contributed by atoms with E-state index in [1.807, 2.05) is 24.0 Å². The molecule has 0 unspecified atom stereocenters. The first-order valence-electron chi connectivity index (χ1n) is 8.92. The van der Waals surface area contributed by atoms with Crippen LogP contribution in [0.3, 0.4) is 0 Å². The summed E-state index contributed by atoms with van der Waals surface area (Å²) in [4.78, 5) is 40.2. The van der Waals surface area contributed by atoms with Crippen LogP contribution in [0.15, 0.2) is 42.5 Å². The summed E-state index contributed by atoms with van der Waals surface area (Å²) in [6.07, 6.45) is 2.36. The first kappa shape index (κ1) is 16.5. The smallest absolute Gasteiger partial charge is 0.258 e. The second kappa shape index (κ2) is 6.41. The van der Waals surface area contributed by atoms with E-state index < -0.39 is 0 Å². The van der Waals surface area contributed by atoms with E-state index in [1.165, 1.54) is 10.5 Å². The molecule has 0 saturated carbocycles. The Morgan fingerprint density at radius 3 is 2.46 bits per heavy atom. The zero-order valence-corrected chi connectivity index (χ0v) is 14.7. The van der Waals surface area contributed by atoms with E-state index in [-0.39, 0.29) is 30.6 Å². The number of hydrogen-bond acceptors (Lipinski definition) is 3. The van der Waals surface area contributed by atoms with Gasteiger partial charge in [0.15, 0.2) is 0 Å². The summed E-state index contributed by atoms with van der Waals surface area (Å²) >= 11 is 0. The van der Waals surface area contributed by atoms with Crippen molar-refractivity contribution >= 4 is 29.1 Å². The van der Waals surface area contributed by atoms with Gasteiger partial charge in [0.25, 0.3) is 5.91 Å². The average molecular weight is 348 g/mol. The maximum absolute atomic E-state index is 13.2. The summed E-state index contributed by atoms with van der Waals surface area (Å²) in [6.45, 7) is 2.69. The van der Waals surface area contributed by atoms with Crippen LogP contribution < -0.4 is 9.80 Å². The van der Waals surface area contributed by atoms with E-state index >= 15 is 0 Å². The third kappa shape index (κ3) is 2.69. The van der Waals surface area contributed by atoms with Crippen molar-refractivity contribution in [2.45, 2.75) is 32.6 Å². The van der Waals surface area contributed by atoms with Gasteiger partial charge in [0, 0.05) is 24.9 Å². The number of amides is 3. The lowest BCUT2D eigenvalue weighted by Gasteiger charge is -2.31. The van der Waals surface area contributed by atoms with Gasteiger partial charge in [-0.15, -0.1) is 0 Å². The Hall–Kier alpha value is -2.95. The average Bonchev–Trinajstić information content (AvgIpc) is 2.99. The number of benzene rings is 2. The fourth-order valence-electron chi connectivity index (χ4n) is 3.85. The van der Waals surface area contributed by atoms with Gasteiger partial charge in [-0.2, -0.15) is 0 Å². The molecule has 2 aliphatic rings. The van der Waals surface area contributed by atoms with Crippen LogP contribution in [0.5, 0.6) is 0 Å². The Bertz CT molecular complexity index is 903. The van der Waals surface area contributed by atoms with Crippen LogP contribution in [-0.2, 0) is 16.0 Å². The van der Waals surface area contributed by atoms with Gasteiger partial charge >= 0.3 is 0 Å². The van der Waals surface area contributed by atoms with Gasteiger partial charge in [-0.3, -0.25) is 19.3 Å². The molecule has 3 amide bonds. The third-order valence-corrected chi connectivity index (χ3v) is 5.07. The van der Waals surface area contributed by atoms with Crippen LogP contribution in [0, 0.1) is 6.92 Å². The van der Waals surface area contributed by atoms with Gasteiger partial charge in [-0.05, 0) is 49.1 Å². The lowest BCUT2D eigenvalue weighted by molar-refractivity contribution is -0.121. The molecule has 5 nitrogen and oxygen atoms in total. The maximum atomic E-state index is 13.2. The first-order chi connectivity index (χ1) is 12.6. The molecule has 0 atom stereocenters. The maximum Gasteiger partial charge on any atom is 0.258 e. The minimum atomic E-state index is -0.209. The monoisotopic (exact) mass is 348 g/mol. The molecule has 0 bridgehead atoms. The lowest BCUT2D eigenvalue weighted by Crippen LogP contribution is -2.36. The molecule has 0 aromatic heterocycles. The molecule has 5 heteroatoms. The van der Waals surface area contributed by atoms with Gasteiger partial charge in [0.1, 0.15) is 0 Å². The van der Waals surface area contributed by atoms with Crippen LogP contribution in [-0.4, -0.2) is 24.3 Å². The molecule has 2 aromatic carbocycles. The van der Waals surface area contributed by atoms with E-state index in [0.29, 0.717) is 17.8 Å². The number of nitrogens with zero attached hydrogens (tertiary/aromatic N) is 2. The summed E-state index contributed by atoms with van der Waals surface area (Å²) in [6, 6.07) is 12.9. The van der Waals surface area contributed by atoms with Crippen molar-refractivity contribution in [1.82, 2.24) is 0 Å². The van der Waals surface area contributed by atoms with Gasteiger partial charge < -0.3 is 4.90 Å². The molecular weight excluding hydrogens is 328 g/mol. The third-order valence-electron chi connectivity index (χ3n) is 5.07. The molecule has 132 valence electrons. The van der Waals surface area contributed by atoms with Gasteiger partial charge in [-0.25, -0.2) is 0 Å². The second-order valence-electron chi connectivity index (χ2n) is 6.82. The zero-order chi connectivity index (χ0) is 18.3. The van der Waals surface area contributed by atoms with Crippen molar-refractivity contribution in [3.63, 3.8) is 0 Å². The van der Waals surface area contributed by atoms with E-state index in [2.05, 4.69) is 6.07 Å². The molecule has 2 aromatic rings. The minimum absolute atomic E-state index is 0.0961. The summed E-state index contributed by atoms with van der Waals surface area (Å²) < 4.78 is 0. The van der Waals surface area contributed by atoms with E-state index in [4.69, 9.17) is 0 Å². The second-order valence-corrected chi connectivity index (χ2v) is 6.82. The molecule has 1 fully saturated rings. The van der Waals surface area contributed by atoms with Crippen molar-refractivity contribution in [3.8, 4) is 0 Å². The van der Waals surface area contributed by atoms with Crippen molar-refractivity contribution in [1.29, 1.82) is 0 Å². The highest BCUT2D eigenvalue weighted by atomic mass is 16.2. The standard InChI is InChI=1S/C21H20N2O3/c1-14-5-2-6-15-8-4-12-22(20(14)15)21(26)16-7-3-9-17(13-16)23-18(24)10-11-19(23)25/h2-3,5-7,9,13H,4,8,10-12H2,1H3. The number of carbonyl (C=O) groups is 3. The minimum Gasteiger partial charge on any atom is -0.308 e. The predicted molar refractivity (Wildman–Crippen MR) is 99.3 cm³/mol.